The fourth-order valence-corrected chi connectivity index (χ4v) is 9.26. The van der Waals surface area contributed by atoms with Gasteiger partial charge in [0, 0.05) is 81.4 Å². The Morgan fingerprint density at radius 3 is 1.80 bits per heavy atom. The lowest BCUT2D eigenvalue weighted by Gasteiger charge is -2.28. The lowest BCUT2D eigenvalue weighted by atomic mass is 10.0. The number of aromatic nitrogens is 3. The van der Waals surface area contributed by atoms with E-state index in [0.29, 0.717) is 68.8 Å². The highest BCUT2D eigenvalue weighted by Crippen LogP contribution is 2.20. The second-order valence-electron chi connectivity index (χ2n) is 20.2. The Kier molecular flexibility index (Phi) is 26.2. The molecule has 5 rings (SSSR count). The molecule has 0 spiro atoms. The Bertz CT molecular complexity index is 2780. The number of H-pyrrole nitrogens is 2. The van der Waals surface area contributed by atoms with Crippen molar-refractivity contribution in [2.75, 3.05) is 39.4 Å². The minimum atomic E-state index is -1.73. The summed E-state index contributed by atoms with van der Waals surface area (Å²) in [7, 11) is 0. The molecule has 17 N–H and O–H groups in total. The summed E-state index contributed by atoms with van der Waals surface area (Å²) in [5.74, 6) is -8.88. The molecule has 7 amide bonds. The number of aromatic amines is 2. The molecule has 82 heavy (non-hydrogen) atoms. The smallest absolute Gasteiger partial charge is 0.326 e. The SMILES string of the molecule is CCCC[C@H](NC(C)=O)C(=O)N[C@@H](CC(=O)O)C(=O)N[C@@H](Cc1cnc[nH]1)C(=O)N[C@H](Cc1ccc(CN2CCOCC2)cc1)C(=O)N[C@@H](CCCN=C(N)N)C(=O)N[C@@H](Cc1c[nH]c2ccccc12)C(=O)N[C@@H](CCCCN)C(=O)O. The highest BCUT2D eigenvalue weighted by molar-refractivity contribution is 5.98. The van der Waals surface area contributed by atoms with Crippen molar-refractivity contribution >= 4 is 70.2 Å². The van der Waals surface area contributed by atoms with Crippen molar-refractivity contribution in [2.24, 2.45) is 22.2 Å². The number of guanidine groups is 1. The molecule has 2 aromatic heterocycles. The van der Waals surface area contributed by atoms with Crippen LogP contribution in [-0.2, 0) is 73.7 Å². The van der Waals surface area contributed by atoms with Crippen molar-refractivity contribution < 1.29 is 58.1 Å². The Morgan fingerprint density at radius 2 is 1.21 bits per heavy atom. The van der Waals surface area contributed by atoms with Gasteiger partial charge in [0.2, 0.25) is 41.4 Å². The summed E-state index contributed by atoms with van der Waals surface area (Å²) < 4.78 is 5.50. The average molecular weight is 1140 g/mol. The Morgan fingerprint density at radius 1 is 0.659 bits per heavy atom. The molecule has 7 atom stereocenters. The monoisotopic (exact) mass is 1140 g/mol. The number of para-hydroxylation sites is 1. The Hall–Kier alpha value is -8.43. The van der Waals surface area contributed by atoms with Crippen LogP contribution in [0.4, 0.5) is 0 Å². The van der Waals surface area contributed by atoms with E-state index < -0.39 is 102 Å². The highest BCUT2D eigenvalue weighted by atomic mass is 16.5. The number of imidazole rings is 1. The molecule has 0 aliphatic carbocycles. The molecule has 2 aromatic carbocycles. The third kappa shape index (κ3) is 21.6. The molecule has 446 valence electrons. The van der Waals surface area contributed by atoms with Gasteiger partial charge >= 0.3 is 11.9 Å². The zero-order valence-electron chi connectivity index (χ0n) is 46.4. The minimum absolute atomic E-state index is 0.0201. The first kappa shape index (κ1) is 64.4. The summed E-state index contributed by atoms with van der Waals surface area (Å²) in [4.78, 5) is 139. The van der Waals surface area contributed by atoms with E-state index in [1.165, 1.54) is 19.4 Å². The van der Waals surface area contributed by atoms with Crippen LogP contribution < -0.4 is 54.4 Å². The number of carboxylic acid groups (broad SMARTS) is 2. The van der Waals surface area contributed by atoms with E-state index in [4.69, 9.17) is 21.9 Å². The van der Waals surface area contributed by atoms with Crippen molar-refractivity contribution in [2.45, 2.75) is 140 Å². The standard InChI is InChI=1S/C55H79N15O12/c1-3-4-11-40(63-33(2)71)48(74)69-46(28-47(72)73)53(79)68-45(27-37-30-59-32-62-37)52(78)66-43(25-34-15-17-35(18-16-34)31-70-21-23-82-24-22-70)50(76)64-41(14-9-20-60-55(57)58)49(75)67-44(26-36-29-61-39-12-6-5-10-38(36)39)51(77)65-42(54(80)81)13-7-8-19-56/h5-6,10,12,15-18,29-30,32,40-46,61H,3-4,7-9,11,13-14,19-28,31,56H2,1-2H3,(H,59,62)(H,63,71)(H,64,76)(H,65,77)(H,66,78)(H,67,75)(H,68,79)(H,69,74)(H,72,73)(H,80,81)(H4,57,58,60)/t40-,41-,42-,43+,44-,45-,46-/m0/s1. The molecule has 0 unspecified atom stereocenters. The number of carbonyl (C=O) groups is 9. The van der Waals surface area contributed by atoms with Crippen LogP contribution in [0.1, 0.15) is 94.0 Å². The molecule has 27 heteroatoms. The van der Waals surface area contributed by atoms with E-state index in [2.05, 4.69) is 62.1 Å². The first-order chi connectivity index (χ1) is 39.3. The average Bonchev–Trinajstić information content (AvgIpc) is 4.19. The number of hydrogen-bond donors (Lipinski definition) is 14. The van der Waals surface area contributed by atoms with Crippen LogP contribution in [0.5, 0.6) is 0 Å². The first-order valence-electron chi connectivity index (χ1n) is 27.5. The summed E-state index contributed by atoms with van der Waals surface area (Å²) >= 11 is 0. The molecule has 27 nitrogen and oxygen atoms in total. The van der Waals surface area contributed by atoms with Gasteiger partial charge in [0.05, 0.1) is 26.0 Å². The summed E-state index contributed by atoms with van der Waals surface area (Å²) in [6.45, 7) is 6.69. The van der Waals surface area contributed by atoms with Gasteiger partial charge in [-0.25, -0.2) is 9.78 Å². The largest absolute Gasteiger partial charge is 0.481 e. The quantitative estimate of drug-likeness (QED) is 0.0151. The van der Waals surface area contributed by atoms with Crippen molar-refractivity contribution in [3.63, 3.8) is 0 Å². The van der Waals surface area contributed by atoms with Gasteiger partial charge in [-0.3, -0.25) is 48.2 Å². The second-order valence-corrected chi connectivity index (χ2v) is 20.2. The van der Waals surface area contributed by atoms with Gasteiger partial charge in [-0.2, -0.15) is 0 Å². The van der Waals surface area contributed by atoms with E-state index in [1.807, 2.05) is 37.3 Å². The summed E-state index contributed by atoms with van der Waals surface area (Å²) in [6, 6.07) is 4.57. The lowest BCUT2D eigenvalue weighted by Crippen LogP contribution is -2.61. The predicted molar refractivity (Wildman–Crippen MR) is 302 cm³/mol. The van der Waals surface area contributed by atoms with Gasteiger partial charge in [0.1, 0.15) is 42.3 Å². The topological polar surface area (TPSA) is 426 Å². The normalized spacial score (nSPS) is 15.0. The fraction of sp³-hybridized carbons (Fsp3) is 0.509. The highest BCUT2D eigenvalue weighted by Gasteiger charge is 2.35. The molecule has 0 saturated carbocycles. The molecule has 3 heterocycles. The lowest BCUT2D eigenvalue weighted by molar-refractivity contribution is -0.142. The second kappa shape index (κ2) is 33.4. The number of fused-ring (bicyclic) bond motifs is 1. The van der Waals surface area contributed by atoms with Gasteiger partial charge < -0.3 is 79.3 Å². The number of nitrogens with one attached hydrogen (secondary N) is 9. The number of rotatable bonds is 35. The van der Waals surface area contributed by atoms with Crippen LogP contribution >= 0.6 is 0 Å². The molecule has 1 aliphatic rings. The van der Waals surface area contributed by atoms with Gasteiger partial charge in [-0.05, 0) is 67.8 Å². The van der Waals surface area contributed by atoms with Crippen molar-refractivity contribution in [3.05, 3.63) is 89.6 Å². The number of carbonyl (C=O) groups excluding carboxylic acids is 7. The zero-order valence-corrected chi connectivity index (χ0v) is 46.4. The van der Waals surface area contributed by atoms with Crippen molar-refractivity contribution in [1.29, 1.82) is 0 Å². The van der Waals surface area contributed by atoms with Gasteiger partial charge in [0.15, 0.2) is 5.96 Å². The molecule has 1 saturated heterocycles. The van der Waals surface area contributed by atoms with Crippen LogP contribution in [0.3, 0.4) is 0 Å². The van der Waals surface area contributed by atoms with Crippen LogP contribution in [0.15, 0.2) is 72.2 Å². The number of aliphatic carboxylic acids is 2. The summed E-state index contributed by atoms with van der Waals surface area (Å²) in [5.41, 5.74) is 20.1. The molecular weight excluding hydrogens is 1060 g/mol. The minimum Gasteiger partial charge on any atom is -0.481 e. The Balaban J connectivity index is 1.49. The van der Waals surface area contributed by atoms with Crippen molar-refractivity contribution in [3.8, 4) is 0 Å². The summed E-state index contributed by atoms with van der Waals surface area (Å²) in [5, 5.41) is 39.0. The van der Waals surface area contributed by atoms with E-state index in [0.717, 1.165) is 29.6 Å². The van der Waals surface area contributed by atoms with Crippen LogP contribution in [-0.4, -0.2) is 171 Å². The maximum absolute atomic E-state index is 15.0. The van der Waals surface area contributed by atoms with Crippen LogP contribution in [0.25, 0.3) is 10.9 Å². The van der Waals surface area contributed by atoms with E-state index in [1.54, 1.807) is 24.4 Å². The van der Waals surface area contributed by atoms with E-state index >= 15 is 0 Å². The number of aliphatic imine (C=N–C) groups is 1. The fourth-order valence-electron chi connectivity index (χ4n) is 9.26. The predicted octanol–water partition coefficient (Wildman–Crippen LogP) is -0.903. The zero-order chi connectivity index (χ0) is 59.6. The number of benzene rings is 2. The number of nitrogens with two attached hydrogens (primary N) is 3. The number of amides is 7. The van der Waals surface area contributed by atoms with Crippen LogP contribution in [0, 0.1) is 0 Å². The van der Waals surface area contributed by atoms with Crippen LogP contribution in [0.2, 0.25) is 0 Å². The molecule has 0 bridgehead atoms. The number of hydrogen-bond acceptors (Lipinski definition) is 14. The first-order valence-corrected chi connectivity index (χ1v) is 27.5. The van der Waals surface area contributed by atoms with E-state index in [9.17, 15) is 53.4 Å². The number of nitrogens with zero attached hydrogens (tertiary/aromatic N) is 3. The molecular formula is C55H79N15O12. The van der Waals surface area contributed by atoms with Gasteiger partial charge in [-0.1, -0.05) is 62.2 Å². The van der Waals surface area contributed by atoms with Crippen molar-refractivity contribution in [1.82, 2.24) is 57.1 Å². The molecule has 1 aliphatic heterocycles. The van der Waals surface area contributed by atoms with E-state index in [-0.39, 0.29) is 57.5 Å². The number of carboxylic acids is 2. The maximum Gasteiger partial charge on any atom is 0.326 e. The number of unbranched alkanes of at least 4 members (excludes halogenated alkanes) is 2. The maximum atomic E-state index is 15.0. The number of ether oxygens (including phenoxy) is 1. The number of morpholine rings is 1. The molecule has 4 aromatic rings. The third-order valence-corrected chi connectivity index (χ3v) is 13.6. The molecule has 1 fully saturated rings. The summed E-state index contributed by atoms with van der Waals surface area (Å²) in [6.07, 6.45) is 5.28. The van der Waals surface area contributed by atoms with Gasteiger partial charge in [0.25, 0.3) is 0 Å². The molecule has 0 radical (unpaired) electrons. The van der Waals surface area contributed by atoms with Gasteiger partial charge in [-0.15, -0.1) is 0 Å². The third-order valence-electron chi connectivity index (χ3n) is 13.6. The Labute approximate surface area is 474 Å².